The molecule has 0 spiro atoms. The number of carbonyl (C=O) groups excluding carboxylic acids is 1. The number of sulfonamides is 1. The van der Waals surface area contributed by atoms with Gasteiger partial charge in [-0.25, -0.2) is 8.42 Å². The zero-order valence-electron chi connectivity index (χ0n) is 16.0. The van der Waals surface area contributed by atoms with E-state index < -0.39 is 21.0 Å². The molecule has 0 bridgehead atoms. The van der Waals surface area contributed by atoms with Crippen LogP contribution >= 0.6 is 0 Å². The van der Waals surface area contributed by atoms with Crippen molar-refractivity contribution in [3.63, 3.8) is 0 Å². The molecule has 2 fully saturated rings. The molecular formula is C19H27N3O5S. The Kier molecular flexibility index (Phi) is 6.66. The van der Waals surface area contributed by atoms with E-state index in [-0.39, 0.29) is 16.5 Å². The second-order valence-corrected chi connectivity index (χ2v) is 9.36. The number of non-ortho nitro benzene ring substituents is 1. The number of hydrogen-bond acceptors (Lipinski definition) is 5. The maximum atomic E-state index is 13.2. The lowest BCUT2D eigenvalue weighted by Gasteiger charge is -2.37. The minimum absolute atomic E-state index is 0.00883. The van der Waals surface area contributed by atoms with Crippen LogP contribution in [-0.2, 0) is 14.8 Å². The summed E-state index contributed by atoms with van der Waals surface area (Å²) >= 11 is 0. The van der Waals surface area contributed by atoms with Crippen LogP contribution in [0.3, 0.4) is 0 Å². The van der Waals surface area contributed by atoms with Gasteiger partial charge in [0.05, 0.1) is 9.82 Å². The number of piperidine rings is 1. The second kappa shape index (κ2) is 9.00. The zero-order chi connectivity index (χ0) is 20.1. The van der Waals surface area contributed by atoms with E-state index in [4.69, 9.17) is 0 Å². The van der Waals surface area contributed by atoms with Crippen LogP contribution in [0.2, 0.25) is 0 Å². The van der Waals surface area contributed by atoms with Gasteiger partial charge in [0, 0.05) is 31.8 Å². The van der Waals surface area contributed by atoms with E-state index in [1.54, 1.807) is 0 Å². The van der Waals surface area contributed by atoms with Gasteiger partial charge in [-0.3, -0.25) is 14.9 Å². The molecule has 154 valence electrons. The highest BCUT2D eigenvalue weighted by Crippen LogP contribution is 2.28. The lowest BCUT2D eigenvalue weighted by atomic mass is 10.0. The molecule has 0 aliphatic carbocycles. The number of hydrogen-bond donors (Lipinski definition) is 0. The summed E-state index contributed by atoms with van der Waals surface area (Å²) in [5, 5.41) is 10.8. The molecule has 1 atom stereocenters. The monoisotopic (exact) mass is 409 g/mol. The van der Waals surface area contributed by atoms with Crippen molar-refractivity contribution in [1.29, 1.82) is 0 Å². The second-order valence-electron chi connectivity index (χ2n) is 7.47. The topological polar surface area (TPSA) is 101 Å². The molecule has 0 N–H and O–H groups in total. The molecule has 2 aliphatic heterocycles. The van der Waals surface area contributed by atoms with Crippen molar-refractivity contribution in [3.8, 4) is 0 Å². The molecule has 1 aromatic rings. The Morgan fingerprint density at radius 3 is 2.11 bits per heavy atom. The molecule has 2 heterocycles. The SMILES string of the molecule is O=C([C@@H]1CCCCN1S(=O)(=O)c1ccc([N+](=O)[O-])cc1)N1CCCCCCC1. The maximum absolute atomic E-state index is 13.2. The van der Waals surface area contributed by atoms with Gasteiger partial charge < -0.3 is 4.90 Å². The van der Waals surface area contributed by atoms with Crippen molar-refractivity contribution >= 4 is 21.6 Å². The maximum Gasteiger partial charge on any atom is 0.269 e. The van der Waals surface area contributed by atoms with Crippen molar-refractivity contribution in [2.45, 2.75) is 62.3 Å². The predicted molar refractivity (Wildman–Crippen MR) is 104 cm³/mol. The number of nitro benzene ring substituents is 1. The van der Waals surface area contributed by atoms with Crippen molar-refractivity contribution < 1.29 is 18.1 Å². The molecule has 2 saturated heterocycles. The average molecular weight is 410 g/mol. The number of amides is 1. The van der Waals surface area contributed by atoms with Crippen LogP contribution < -0.4 is 0 Å². The summed E-state index contributed by atoms with van der Waals surface area (Å²) in [6, 6.07) is 4.19. The molecule has 1 amide bonds. The minimum atomic E-state index is -3.89. The van der Waals surface area contributed by atoms with Crippen LogP contribution in [0.25, 0.3) is 0 Å². The summed E-state index contributed by atoms with van der Waals surface area (Å²) in [6.07, 6.45) is 7.32. The van der Waals surface area contributed by atoms with Gasteiger partial charge in [-0.1, -0.05) is 25.7 Å². The lowest BCUT2D eigenvalue weighted by molar-refractivity contribution is -0.384. The van der Waals surface area contributed by atoms with E-state index in [1.165, 1.54) is 35.0 Å². The highest BCUT2D eigenvalue weighted by molar-refractivity contribution is 7.89. The molecule has 8 nitrogen and oxygen atoms in total. The fourth-order valence-corrected chi connectivity index (χ4v) is 5.64. The summed E-state index contributed by atoms with van der Waals surface area (Å²) in [5.41, 5.74) is -0.161. The molecule has 0 radical (unpaired) electrons. The smallest absolute Gasteiger partial charge is 0.269 e. The molecule has 0 unspecified atom stereocenters. The summed E-state index contributed by atoms with van der Waals surface area (Å²) in [7, 11) is -3.89. The molecule has 2 aliphatic rings. The summed E-state index contributed by atoms with van der Waals surface area (Å²) in [4.78, 5) is 25.3. The number of nitro groups is 1. The van der Waals surface area contributed by atoms with Gasteiger partial charge in [-0.15, -0.1) is 0 Å². The Labute approximate surface area is 165 Å². The predicted octanol–water partition coefficient (Wildman–Crippen LogP) is 2.93. The number of carbonyl (C=O) groups is 1. The van der Waals surface area contributed by atoms with Crippen LogP contribution in [0.4, 0.5) is 5.69 Å². The largest absolute Gasteiger partial charge is 0.341 e. The number of rotatable bonds is 4. The van der Waals surface area contributed by atoms with Crippen LogP contribution in [0.5, 0.6) is 0 Å². The Balaban J connectivity index is 1.83. The third kappa shape index (κ3) is 4.52. The molecule has 3 rings (SSSR count). The van der Waals surface area contributed by atoms with E-state index in [0.29, 0.717) is 32.5 Å². The molecule has 9 heteroatoms. The van der Waals surface area contributed by atoms with Crippen LogP contribution in [-0.4, -0.2) is 54.1 Å². The standard InChI is InChI=1S/C19H27N3O5S/c23-19(20-13-5-2-1-3-6-14-20)18-8-4-7-15-21(18)28(26,27)17-11-9-16(10-12-17)22(24)25/h9-12,18H,1-8,13-15H2/t18-/m0/s1. The molecule has 1 aromatic carbocycles. The molecule has 0 aromatic heterocycles. The van der Waals surface area contributed by atoms with Gasteiger partial charge in [0.2, 0.25) is 15.9 Å². The Bertz CT molecular complexity index is 801. The number of nitrogens with zero attached hydrogens (tertiary/aromatic N) is 3. The lowest BCUT2D eigenvalue weighted by Crippen LogP contribution is -2.53. The van der Waals surface area contributed by atoms with Gasteiger partial charge in [-0.05, 0) is 37.8 Å². The van der Waals surface area contributed by atoms with Gasteiger partial charge in [0.25, 0.3) is 5.69 Å². The van der Waals surface area contributed by atoms with Crippen molar-refractivity contribution in [2.75, 3.05) is 19.6 Å². The highest BCUT2D eigenvalue weighted by Gasteiger charge is 2.39. The third-order valence-corrected chi connectivity index (χ3v) is 7.48. The quantitative estimate of drug-likeness (QED) is 0.562. The summed E-state index contributed by atoms with van der Waals surface area (Å²) < 4.78 is 27.7. The van der Waals surface area contributed by atoms with Crippen molar-refractivity contribution in [2.24, 2.45) is 0 Å². The highest BCUT2D eigenvalue weighted by atomic mass is 32.2. The first kappa shape index (κ1) is 20.7. The van der Waals surface area contributed by atoms with Gasteiger partial charge >= 0.3 is 0 Å². The normalized spacial score (nSPS) is 22.3. The zero-order valence-corrected chi connectivity index (χ0v) is 16.8. The van der Waals surface area contributed by atoms with E-state index >= 15 is 0 Å². The first-order valence-corrected chi connectivity index (χ1v) is 11.4. The summed E-state index contributed by atoms with van der Waals surface area (Å²) in [6.45, 7) is 1.66. The van der Waals surface area contributed by atoms with Crippen LogP contribution in [0, 0.1) is 10.1 Å². The van der Waals surface area contributed by atoms with Crippen LogP contribution in [0.15, 0.2) is 29.2 Å². The first-order valence-electron chi connectivity index (χ1n) is 9.96. The molecular weight excluding hydrogens is 382 g/mol. The Morgan fingerprint density at radius 2 is 1.50 bits per heavy atom. The third-order valence-electron chi connectivity index (χ3n) is 5.56. The van der Waals surface area contributed by atoms with E-state index in [9.17, 15) is 23.3 Å². The van der Waals surface area contributed by atoms with E-state index in [0.717, 1.165) is 32.1 Å². The fourth-order valence-electron chi connectivity index (χ4n) is 3.99. The summed E-state index contributed by atoms with van der Waals surface area (Å²) in [5.74, 6) is -0.105. The first-order chi connectivity index (χ1) is 13.4. The van der Waals surface area contributed by atoms with E-state index in [2.05, 4.69) is 0 Å². The van der Waals surface area contributed by atoms with Crippen molar-refractivity contribution in [3.05, 3.63) is 34.4 Å². The average Bonchev–Trinajstić information content (AvgIpc) is 2.67. The number of benzene rings is 1. The van der Waals surface area contributed by atoms with Gasteiger partial charge in [-0.2, -0.15) is 4.31 Å². The number of likely N-dealkylation sites (tertiary alicyclic amines) is 1. The minimum Gasteiger partial charge on any atom is -0.341 e. The van der Waals surface area contributed by atoms with Gasteiger partial charge in [0.1, 0.15) is 6.04 Å². The Morgan fingerprint density at radius 1 is 0.929 bits per heavy atom. The molecule has 0 saturated carbocycles. The van der Waals surface area contributed by atoms with Crippen molar-refractivity contribution in [1.82, 2.24) is 9.21 Å². The Hall–Kier alpha value is -2.00. The fraction of sp³-hybridized carbons (Fsp3) is 0.632. The van der Waals surface area contributed by atoms with Crippen LogP contribution in [0.1, 0.15) is 51.4 Å². The van der Waals surface area contributed by atoms with E-state index in [1.807, 2.05) is 4.90 Å². The molecule has 28 heavy (non-hydrogen) atoms. The van der Waals surface area contributed by atoms with Gasteiger partial charge in [0.15, 0.2) is 0 Å².